The molecule has 130 valence electrons. The molecule has 0 bridgehead atoms. The van der Waals surface area contributed by atoms with Crippen molar-refractivity contribution >= 4 is 24.0 Å². The maximum atomic E-state index is 12.4. The van der Waals surface area contributed by atoms with E-state index in [2.05, 4.69) is 50.1 Å². The third-order valence-corrected chi connectivity index (χ3v) is 4.53. The number of nitrogens with two attached hydrogens (primary N) is 1. The molecule has 1 aromatic carbocycles. The summed E-state index contributed by atoms with van der Waals surface area (Å²) in [4.78, 5) is 16.6. The summed E-state index contributed by atoms with van der Waals surface area (Å²) in [5, 5.41) is 0. The Bertz CT molecular complexity index is 472. The molecule has 1 heterocycles. The number of likely N-dealkylation sites (tertiary alicyclic amines) is 1. The number of carbonyl (C=O) groups excluding carboxylic acids is 1. The van der Waals surface area contributed by atoms with Gasteiger partial charge in [0, 0.05) is 31.9 Å². The van der Waals surface area contributed by atoms with E-state index in [-0.39, 0.29) is 24.4 Å². The fraction of sp³-hybridized carbons (Fsp3) is 0.611. The standard InChI is InChI=1S/C18H29N3O.ClH/c1-14(2)13-17(19)18(22)21-11-9-16(10-12-21)20(3)15-7-5-4-6-8-15;/h4-8,14,16-17H,9-13,19H2,1-3H3;1H/t17-;/m0./s1. The molecule has 1 saturated heterocycles. The molecule has 1 aliphatic rings. The molecule has 0 spiro atoms. The normalized spacial score (nSPS) is 16.8. The van der Waals surface area contributed by atoms with Crippen molar-refractivity contribution in [3.8, 4) is 0 Å². The number of para-hydroxylation sites is 1. The van der Waals surface area contributed by atoms with Crippen molar-refractivity contribution in [1.82, 2.24) is 4.90 Å². The van der Waals surface area contributed by atoms with Crippen LogP contribution in [0.25, 0.3) is 0 Å². The van der Waals surface area contributed by atoms with Crippen molar-refractivity contribution in [2.45, 2.75) is 45.2 Å². The van der Waals surface area contributed by atoms with Crippen molar-refractivity contribution in [3.05, 3.63) is 30.3 Å². The lowest BCUT2D eigenvalue weighted by Crippen LogP contribution is -2.50. The Morgan fingerprint density at radius 3 is 2.35 bits per heavy atom. The van der Waals surface area contributed by atoms with E-state index in [0.717, 1.165) is 32.4 Å². The average molecular weight is 340 g/mol. The Morgan fingerprint density at radius 2 is 1.83 bits per heavy atom. The van der Waals surface area contributed by atoms with Gasteiger partial charge in [0.25, 0.3) is 0 Å². The van der Waals surface area contributed by atoms with Crippen LogP contribution in [0.15, 0.2) is 30.3 Å². The van der Waals surface area contributed by atoms with Gasteiger partial charge in [0.05, 0.1) is 6.04 Å². The molecule has 0 saturated carbocycles. The van der Waals surface area contributed by atoms with Crippen LogP contribution < -0.4 is 10.6 Å². The Balaban J connectivity index is 0.00000264. The molecule has 2 rings (SSSR count). The molecule has 0 aromatic heterocycles. The van der Waals surface area contributed by atoms with Crippen molar-refractivity contribution in [3.63, 3.8) is 0 Å². The maximum absolute atomic E-state index is 12.4. The molecule has 0 aliphatic carbocycles. The van der Waals surface area contributed by atoms with Crippen molar-refractivity contribution in [2.75, 3.05) is 25.0 Å². The minimum absolute atomic E-state index is 0. The van der Waals surface area contributed by atoms with Crippen LogP contribution in [0.1, 0.15) is 33.1 Å². The summed E-state index contributed by atoms with van der Waals surface area (Å²) in [6, 6.07) is 10.6. The number of rotatable bonds is 5. The van der Waals surface area contributed by atoms with Crippen LogP contribution in [-0.2, 0) is 4.79 Å². The third kappa shape index (κ3) is 5.40. The monoisotopic (exact) mass is 339 g/mol. The summed E-state index contributed by atoms with van der Waals surface area (Å²) >= 11 is 0. The minimum Gasteiger partial charge on any atom is -0.371 e. The third-order valence-electron chi connectivity index (χ3n) is 4.53. The smallest absolute Gasteiger partial charge is 0.239 e. The van der Waals surface area contributed by atoms with Gasteiger partial charge in [0.15, 0.2) is 0 Å². The predicted octanol–water partition coefficient (Wildman–Crippen LogP) is 2.91. The Kier molecular flexibility index (Phi) is 7.86. The number of carbonyl (C=O) groups is 1. The van der Waals surface area contributed by atoms with Gasteiger partial charge in [-0.2, -0.15) is 0 Å². The summed E-state index contributed by atoms with van der Waals surface area (Å²) in [5.41, 5.74) is 7.27. The van der Waals surface area contributed by atoms with Gasteiger partial charge < -0.3 is 15.5 Å². The van der Waals surface area contributed by atoms with Crippen LogP contribution in [0, 0.1) is 5.92 Å². The Hall–Kier alpha value is -1.26. The molecule has 1 atom stereocenters. The molecule has 2 N–H and O–H groups in total. The number of halogens is 1. The highest BCUT2D eigenvalue weighted by atomic mass is 35.5. The van der Waals surface area contributed by atoms with Gasteiger partial charge in [-0.3, -0.25) is 4.79 Å². The van der Waals surface area contributed by atoms with Gasteiger partial charge in [-0.05, 0) is 37.3 Å². The molecule has 4 nitrogen and oxygen atoms in total. The maximum Gasteiger partial charge on any atom is 0.239 e. The molecule has 1 amide bonds. The molecular weight excluding hydrogens is 310 g/mol. The summed E-state index contributed by atoms with van der Waals surface area (Å²) in [7, 11) is 2.14. The second-order valence-corrected chi connectivity index (χ2v) is 6.74. The second kappa shape index (κ2) is 9.14. The van der Waals surface area contributed by atoms with E-state index in [9.17, 15) is 4.79 Å². The van der Waals surface area contributed by atoms with Gasteiger partial charge in [-0.25, -0.2) is 0 Å². The fourth-order valence-corrected chi connectivity index (χ4v) is 3.19. The van der Waals surface area contributed by atoms with Gasteiger partial charge >= 0.3 is 0 Å². The average Bonchev–Trinajstić information content (AvgIpc) is 2.54. The first-order valence-corrected chi connectivity index (χ1v) is 8.31. The molecule has 1 fully saturated rings. The van der Waals surface area contributed by atoms with E-state index in [1.807, 2.05) is 11.0 Å². The van der Waals surface area contributed by atoms with Gasteiger partial charge in [0.1, 0.15) is 0 Å². The van der Waals surface area contributed by atoms with Crippen molar-refractivity contribution < 1.29 is 4.79 Å². The van der Waals surface area contributed by atoms with Crippen LogP contribution >= 0.6 is 12.4 Å². The summed E-state index contributed by atoms with van der Waals surface area (Å²) in [6.07, 6.45) is 2.78. The minimum atomic E-state index is -0.344. The number of benzene rings is 1. The quantitative estimate of drug-likeness (QED) is 0.897. The van der Waals surface area contributed by atoms with E-state index < -0.39 is 0 Å². The topological polar surface area (TPSA) is 49.6 Å². The lowest BCUT2D eigenvalue weighted by molar-refractivity contribution is -0.134. The largest absolute Gasteiger partial charge is 0.371 e. The summed E-state index contributed by atoms with van der Waals surface area (Å²) in [5.74, 6) is 0.579. The van der Waals surface area contributed by atoms with Crippen molar-refractivity contribution in [2.24, 2.45) is 11.7 Å². The first-order chi connectivity index (χ1) is 10.5. The molecule has 0 unspecified atom stereocenters. The first kappa shape index (κ1) is 19.8. The van der Waals surface area contributed by atoms with E-state index >= 15 is 0 Å². The van der Waals surface area contributed by atoms with E-state index in [0.29, 0.717) is 12.0 Å². The number of hydrogen-bond donors (Lipinski definition) is 1. The van der Waals surface area contributed by atoms with Crippen LogP contribution in [0.5, 0.6) is 0 Å². The van der Waals surface area contributed by atoms with Crippen LogP contribution in [0.3, 0.4) is 0 Å². The Morgan fingerprint density at radius 1 is 1.26 bits per heavy atom. The fourth-order valence-electron chi connectivity index (χ4n) is 3.19. The number of hydrogen-bond acceptors (Lipinski definition) is 3. The second-order valence-electron chi connectivity index (χ2n) is 6.74. The molecule has 1 aliphatic heterocycles. The lowest BCUT2D eigenvalue weighted by atomic mass is 9.99. The van der Waals surface area contributed by atoms with Gasteiger partial charge in [0.2, 0.25) is 5.91 Å². The van der Waals surface area contributed by atoms with E-state index in [1.165, 1.54) is 5.69 Å². The molecule has 0 radical (unpaired) electrons. The number of amides is 1. The number of piperidine rings is 1. The predicted molar refractivity (Wildman–Crippen MR) is 99.1 cm³/mol. The summed E-state index contributed by atoms with van der Waals surface area (Å²) in [6.45, 7) is 5.83. The zero-order chi connectivity index (χ0) is 16.1. The van der Waals surface area contributed by atoms with Gasteiger partial charge in [-0.15, -0.1) is 12.4 Å². The highest BCUT2D eigenvalue weighted by Crippen LogP contribution is 2.22. The van der Waals surface area contributed by atoms with Crippen LogP contribution in [0.2, 0.25) is 0 Å². The summed E-state index contributed by atoms with van der Waals surface area (Å²) < 4.78 is 0. The SMILES string of the molecule is CC(C)C[C@H](N)C(=O)N1CCC(N(C)c2ccccc2)CC1.Cl. The zero-order valence-electron chi connectivity index (χ0n) is 14.4. The zero-order valence-corrected chi connectivity index (χ0v) is 15.3. The van der Waals surface area contributed by atoms with Crippen molar-refractivity contribution in [1.29, 1.82) is 0 Å². The molecule has 1 aromatic rings. The van der Waals surface area contributed by atoms with Crippen LogP contribution in [0.4, 0.5) is 5.69 Å². The van der Waals surface area contributed by atoms with E-state index in [1.54, 1.807) is 0 Å². The highest BCUT2D eigenvalue weighted by molar-refractivity contribution is 5.85. The number of anilines is 1. The molecular formula is C18H30ClN3O. The lowest BCUT2D eigenvalue weighted by Gasteiger charge is -2.38. The highest BCUT2D eigenvalue weighted by Gasteiger charge is 2.28. The van der Waals surface area contributed by atoms with Gasteiger partial charge in [-0.1, -0.05) is 32.0 Å². The first-order valence-electron chi connectivity index (χ1n) is 8.31. The molecule has 23 heavy (non-hydrogen) atoms. The Labute approximate surface area is 146 Å². The van der Waals surface area contributed by atoms with Crippen LogP contribution in [-0.4, -0.2) is 43.0 Å². The number of nitrogens with zero attached hydrogens (tertiary/aromatic N) is 2. The molecule has 5 heteroatoms. The van der Waals surface area contributed by atoms with E-state index in [4.69, 9.17) is 5.73 Å².